The van der Waals surface area contributed by atoms with Crippen molar-refractivity contribution in [2.24, 2.45) is 5.41 Å². The van der Waals surface area contributed by atoms with Gasteiger partial charge in [0.1, 0.15) is 6.29 Å². The fraction of sp³-hybridized carbons (Fsp3) is 0.562. The first-order valence-corrected chi connectivity index (χ1v) is 6.89. The van der Waals surface area contributed by atoms with E-state index in [2.05, 4.69) is 44.0 Å². The molecule has 0 N–H and O–H groups in total. The Morgan fingerprint density at radius 3 is 2.79 bits per heavy atom. The Hall–Kier alpha value is -1.35. The van der Waals surface area contributed by atoms with Crippen LogP contribution >= 0.6 is 0 Å². The third-order valence-corrected chi connectivity index (χ3v) is 3.92. The molecule has 1 aromatic carbocycles. The van der Waals surface area contributed by atoms with Crippen LogP contribution in [-0.4, -0.2) is 33.1 Å². The lowest BCUT2D eigenvalue weighted by atomic mass is 9.83. The molecule has 1 aromatic rings. The number of carbonyl (C=O) groups excluding carboxylic acids is 1. The molecule has 3 nitrogen and oxygen atoms in total. The fourth-order valence-corrected chi connectivity index (χ4v) is 2.92. The van der Waals surface area contributed by atoms with E-state index in [-0.39, 0.29) is 5.41 Å². The van der Waals surface area contributed by atoms with Crippen LogP contribution in [0.15, 0.2) is 18.2 Å². The number of hydrogen-bond acceptors (Lipinski definition) is 3. The smallest absolute Gasteiger partial charge is 0.130 e. The first-order chi connectivity index (χ1) is 9.06. The zero-order valence-electron chi connectivity index (χ0n) is 12.1. The van der Waals surface area contributed by atoms with Gasteiger partial charge in [0.2, 0.25) is 0 Å². The molecule has 1 atom stereocenters. The Morgan fingerprint density at radius 2 is 2.21 bits per heavy atom. The predicted octanol–water partition coefficient (Wildman–Crippen LogP) is 2.74. The lowest BCUT2D eigenvalue weighted by molar-refractivity contribution is -0.122. The highest BCUT2D eigenvalue weighted by Crippen LogP contribution is 2.30. The number of aldehydes is 1. The van der Waals surface area contributed by atoms with Gasteiger partial charge in [-0.05, 0) is 38.3 Å². The maximum Gasteiger partial charge on any atom is 0.130 e. The number of carbonyl (C=O) groups is 1. The number of ether oxygens (including phenoxy) is 1. The van der Waals surface area contributed by atoms with Gasteiger partial charge in [0.05, 0.1) is 12.0 Å². The number of aryl methyl sites for hydroxylation is 2. The third kappa shape index (κ3) is 3.16. The monoisotopic (exact) mass is 261 g/mol. The lowest BCUT2D eigenvalue weighted by Gasteiger charge is -2.36. The van der Waals surface area contributed by atoms with Gasteiger partial charge < -0.3 is 14.4 Å². The highest BCUT2D eigenvalue weighted by molar-refractivity contribution is 5.63. The van der Waals surface area contributed by atoms with Crippen LogP contribution in [0.25, 0.3) is 0 Å². The molecule has 1 saturated heterocycles. The van der Waals surface area contributed by atoms with E-state index in [0.717, 1.165) is 32.3 Å². The van der Waals surface area contributed by atoms with Gasteiger partial charge in [0, 0.05) is 25.9 Å². The predicted molar refractivity (Wildman–Crippen MR) is 77.7 cm³/mol. The highest BCUT2D eigenvalue weighted by Gasteiger charge is 2.34. The van der Waals surface area contributed by atoms with Gasteiger partial charge in [-0.2, -0.15) is 0 Å². The molecular formula is C16H23NO2. The standard InChI is InChI=1S/C16H23NO2/c1-13-5-6-15(14(2)9-13)17(3)10-16(11-18)7-4-8-19-12-16/h5-6,9,11H,4,7-8,10,12H2,1-3H3. The molecule has 0 saturated carbocycles. The first-order valence-electron chi connectivity index (χ1n) is 6.89. The second-order valence-corrected chi connectivity index (χ2v) is 5.78. The number of benzene rings is 1. The number of hydrogen-bond donors (Lipinski definition) is 0. The molecule has 0 spiro atoms. The minimum Gasteiger partial charge on any atom is -0.380 e. The van der Waals surface area contributed by atoms with Crippen LogP contribution in [0, 0.1) is 19.3 Å². The van der Waals surface area contributed by atoms with E-state index in [1.54, 1.807) is 0 Å². The van der Waals surface area contributed by atoms with E-state index < -0.39 is 0 Å². The van der Waals surface area contributed by atoms with Crippen LogP contribution in [0.3, 0.4) is 0 Å². The van der Waals surface area contributed by atoms with Crippen molar-refractivity contribution in [1.82, 2.24) is 0 Å². The zero-order valence-corrected chi connectivity index (χ0v) is 12.1. The molecule has 104 valence electrons. The van der Waals surface area contributed by atoms with Gasteiger partial charge >= 0.3 is 0 Å². The van der Waals surface area contributed by atoms with Crippen LogP contribution in [0.4, 0.5) is 5.69 Å². The SMILES string of the molecule is Cc1ccc(N(C)CC2(C=O)CCCOC2)c(C)c1. The molecule has 0 aliphatic carbocycles. The number of nitrogens with zero attached hydrogens (tertiary/aromatic N) is 1. The molecule has 1 aliphatic heterocycles. The molecule has 1 fully saturated rings. The van der Waals surface area contributed by atoms with Crippen molar-refractivity contribution >= 4 is 12.0 Å². The molecule has 0 bridgehead atoms. The summed E-state index contributed by atoms with van der Waals surface area (Å²) in [5, 5.41) is 0. The highest BCUT2D eigenvalue weighted by atomic mass is 16.5. The topological polar surface area (TPSA) is 29.5 Å². The Labute approximate surface area is 115 Å². The molecule has 2 rings (SSSR count). The second kappa shape index (κ2) is 5.74. The lowest BCUT2D eigenvalue weighted by Crippen LogP contribution is -2.43. The van der Waals surface area contributed by atoms with Crippen molar-refractivity contribution in [3.63, 3.8) is 0 Å². The normalized spacial score (nSPS) is 23.1. The van der Waals surface area contributed by atoms with Crippen molar-refractivity contribution in [1.29, 1.82) is 0 Å². The summed E-state index contributed by atoms with van der Waals surface area (Å²) in [6.45, 7) is 6.26. The Balaban J connectivity index is 2.14. The van der Waals surface area contributed by atoms with Crippen molar-refractivity contribution in [2.45, 2.75) is 26.7 Å². The first kappa shape index (κ1) is 14.1. The van der Waals surface area contributed by atoms with Crippen molar-refractivity contribution in [3.05, 3.63) is 29.3 Å². The second-order valence-electron chi connectivity index (χ2n) is 5.78. The summed E-state index contributed by atoms with van der Waals surface area (Å²) in [6.07, 6.45) is 2.98. The Bertz CT molecular complexity index is 450. The van der Waals surface area contributed by atoms with E-state index >= 15 is 0 Å². The zero-order chi connectivity index (χ0) is 13.9. The van der Waals surface area contributed by atoms with Crippen molar-refractivity contribution in [2.75, 3.05) is 31.7 Å². The maximum atomic E-state index is 11.5. The summed E-state index contributed by atoms with van der Waals surface area (Å²) in [6, 6.07) is 6.42. The average Bonchev–Trinajstić information content (AvgIpc) is 2.39. The summed E-state index contributed by atoms with van der Waals surface area (Å²) in [5.41, 5.74) is 3.36. The number of anilines is 1. The molecule has 0 aromatic heterocycles. The quantitative estimate of drug-likeness (QED) is 0.781. The van der Waals surface area contributed by atoms with Crippen LogP contribution in [0.5, 0.6) is 0 Å². The van der Waals surface area contributed by atoms with Crippen molar-refractivity contribution < 1.29 is 9.53 Å². The molecule has 0 amide bonds. The largest absolute Gasteiger partial charge is 0.380 e. The minimum absolute atomic E-state index is 0.343. The summed E-state index contributed by atoms with van der Waals surface area (Å²) in [5.74, 6) is 0. The molecule has 1 unspecified atom stereocenters. The summed E-state index contributed by atoms with van der Waals surface area (Å²) in [7, 11) is 2.05. The van der Waals surface area contributed by atoms with Crippen LogP contribution in [0.2, 0.25) is 0 Å². The molecule has 19 heavy (non-hydrogen) atoms. The average molecular weight is 261 g/mol. The van der Waals surface area contributed by atoms with Gasteiger partial charge in [-0.15, -0.1) is 0 Å². The molecule has 1 heterocycles. The third-order valence-electron chi connectivity index (χ3n) is 3.92. The molecule has 3 heteroatoms. The fourth-order valence-electron chi connectivity index (χ4n) is 2.92. The van der Waals surface area contributed by atoms with E-state index in [1.165, 1.54) is 16.8 Å². The number of rotatable bonds is 4. The minimum atomic E-state index is -0.343. The maximum absolute atomic E-state index is 11.5. The van der Waals surface area contributed by atoms with E-state index in [9.17, 15) is 4.79 Å². The summed E-state index contributed by atoms with van der Waals surface area (Å²) in [4.78, 5) is 13.7. The van der Waals surface area contributed by atoms with Gasteiger partial charge in [-0.25, -0.2) is 0 Å². The van der Waals surface area contributed by atoms with Gasteiger partial charge in [-0.3, -0.25) is 0 Å². The molecule has 1 aliphatic rings. The molecule has 0 radical (unpaired) electrons. The van der Waals surface area contributed by atoms with E-state index in [0.29, 0.717) is 6.61 Å². The van der Waals surface area contributed by atoms with Crippen molar-refractivity contribution in [3.8, 4) is 0 Å². The summed E-state index contributed by atoms with van der Waals surface area (Å²) < 4.78 is 5.50. The van der Waals surface area contributed by atoms with Crippen LogP contribution in [-0.2, 0) is 9.53 Å². The molecular weight excluding hydrogens is 238 g/mol. The van der Waals surface area contributed by atoms with Gasteiger partial charge in [0.25, 0.3) is 0 Å². The van der Waals surface area contributed by atoms with Gasteiger partial charge in [0.15, 0.2) is 0 Å². The van der Waals surface area contributed by atoms with Gasteiger partial charge in [-0.1, -0.05) is 17.7 Å². The Kier molecular flexibility index (Phi) is 4.25. The van der Waals surface area contributed by atoms with Crippen LogP contribution < -0.4 is 4.90 Å². The van der Waals surface area contributed by atoms with E-state index in [4.69, 9.17) is 4.74 Å². The Morgan fingerprint density at radius 1 is 1.42 bits per heavy atom. The van der Waals surface area contributed by atoms with Crippen LogP contribution in [0.1, 0.15) is 24.0 Å². The van der Waals surface area contributed by atoms with E-state index in [1.807, 2.05) is 0 Å². The summed E-state index contributed by atoms with van der Waals surface area (Å²) >= 11 is 0.